The standard InChI is InChI=1S/C14H19NO3S/c16-13(9-12-5-8-19-10-12)15-6-3-11(4-7-15)1-2-14(17)18/h5,8,10-11H,1-4,6-7,9H2,(H,17,18). The van der Waals surface area contributed by atoms with E-state index in [0.717, 1.165) is 37.9 Å². The van der Waals surface area contributed by atoms with Crippen LogP contribution >= 0.6 is 11.3 Å². The summed E-state index contributed by atoms with van der Waals surface area (Å²) >= 11 is 1.61. The van der Waals surface area contributed by atoms with E-state index < -0.39 is 5.97 Å². The third kappa shape index (κ3) is 4.35. The third-order valence-corrected chi connectivity index (χ3v) is 4.40. The normalized spacial score (nSPS) is 16.5. The van der Waals surface area contributed by atoms with E-state index in [4.69, 9.17) is 5.11 Å². The predicted molar refractivity (Wildman–Crippen MR) is 74.2 cm³/mol. The van der Waals surface area contributed by atoms with Gasteiger partial charge in [-0.1, -0.05) is 0 Å². The van der Waals surface area contributed by atoms with Crippen LogP contribution in [0.25, 0.3) is 0 Å². The lowest BCUT2D eigenvalue weighted by molar-refractivity contribution is -0.138. The Kier molecular flexibility index (Phi) is 4.96. The maximum Gasteiger partial charge on any atom is 0.303 e. The molecule has 0 bridgehead atoms. The highest BCUT2D eigenvalue weighted by molar-refractivity contribution is 7.07. The third-order valence-electron chi connectivity index (χ3n) is 3.67. The average molecular weight is 281 g/mol. The van der Waals surface area contributed by atoms with Crippen LogP contribution in [0.15, 0.2) is 16.8 Å². The number of piperidine rings is 1. The highest BCUT2D eigenvalue weighted by Gasteiger charge is 2.23. The molecule has 1 aromatic rings. The zero-order chi connectivity index (χ0) is 13.7. The number of hydrogen-bond donors (Lipinski definition) is 1. The minimum absolute atomic E-state index is 0.190. The summed E-state index contributed by atoms with van der Waals surface area (Å²) in [6, 6.07) is 1.99. The van der Waals surface area contributed by atoms with Crippen molar-refractivity contribution in [1.29, 1.82) is 0 Å². The molecule has 0 spiro atoms. The van der Waals surface area contributed by atoms with Gasteiger partial charge in [0.1, 0.15) is 0 Å². The molecule has 1 aliphatic rings. The van der Waals surface area contributed by atoms with Gasteiger partial charge in [-0.2, -0.15) is 11.3 Å². The molecule has 2 heterocycles. The first-order valence-corrected chi connectivity index (χ1v) is 7.60. The van der Waals surface area contributed by atoms with Crippen molar-refractivity contribution < 1.29 is 14.7 Å². The van der Waals surface area contributed by atoms with Gasteiger partial charge in [-0.25, -0.2) is 0 Å². The van der Waals surface area contributed by atoms with Gasteiger partial charge in [0.05, 0.1) is 6.42 Å². The lowest BCUT2D eigenvalue weighted by Gasteiger charge is -2.31. The molecule has 0 unspecified atom stereocenters. The lowest BCUT2D eigenvalue weighted by Crippen LogP contribution is -2.39. The van der Waals surface area contributed by atoms with Gasteiger partial charge in [0.2, 0.25) is 5.91 Å². The molecule has 0 aliphatic carbocycles. The number of carboxylic acid groups (broad SMARTS) is 1. The summed E-state index contributed by atoms with van der Waals surface area (Å²) < 4.78 is 0. The SMILES string of the molecule is O=C(O)CCC1CCN(C(=O)Cc2ccsc2)CC1. The molecule has 4 nitrogen and oxygen atoms in total. The molecule has 5 heteroatoms. The van der Waals surface area contributed by atoms with Crippen LogP contribution in [-0.4, -0.2) is 35.0 Å². The Labute approximate surface area is 117 Å². The van der Waals surface area contributed by atoms with Crippen LogP contribution in [0.1, 0.15) is 31.2 Å². The number of amides is 1. The van der Waals surface area contributed by atoms with Crippen molar-refractivity contribution in [3.63, 3.8) is 0 Å². The second-order valence-corrected chi connectivity index (χ2v) is 5.84. The molecule has 1 N–H and O–H groups in total. The maximum absolute atomic E-state index is 12.1. The molecular formula is C14H19NO3S. The van der Waals surface area contributed by atoms with Crippen LogP contribution in [0.5, 0.6) is 0 Å². The molecule has 0 radical (unpaired) electrons. The average Bonchev–Trinajstić information content (AvgIpc) is 2.89. The number of thiophene rings is 1. The summed E-state index contributed by atoms with van der Waals surface area (Å²) in [7, 11) is 0. The van der Waals surface area contributed by atoms with Gasteiger partial charge in [0.15, 0.2) is 0 Å². The van der Waals surface area contributed by atoms with Gasteiger partial charge >= 0.3 is 5.97 Å². The number of hydrogen-bond acceptors (Lipinski definition) is 3. The van der Waals surface area contributed by atoms with E-state index >= 15 is 0 Å². The van der Waals surface area contributed by atoms with Crippen LogP contribution < -0.4 is 0 Å². The zero-order valence-corrected chi connectivity index (χ0v) is 11.7. The number of carbonyl (C=O) groups is 2. The second kappa shape index (κ2) is 6.70. The second-order valence-electron chi connectivity index (χ2n) is 5.06. The van der Waals surface area contributed by atoms with E-state index in [1.807, 2.05) is 21.7 Å². The molecule has 0 aromatic carbocycles. The van der Waals surface area contributed by atoms with Gasteiger partial charge in [0.25, 0.3) is 0 Å². The number of likely N-dealkylation sites (tertiary alicyclic amines) is 1. The van der Waals surface area contributed by atoms with Crippen molar-refractivity contribution in [2.45, 2.75) is 32.1 Å². The fourth-order valence-electron chi connectivity index (χ4n) is 2.48. The van der Waals surface area contributed by atoms with E-state index in [9.17, 15) is 9.59 Å². The van der Waals surface area contributed by atoms with E-state index in [-0.39, 0.29) is 12.3 Å². The predicted octanol–water partition coefficient (Wildman–Crippen LogP) is 2.39. The van der Waals surface area contributed by atoms with Crippen molar-refractivity contribution in [3.05, 3.63) is 22.4 Å². The first-order chi connectivity index (χ1) is 9.15. The largest absolute Gasteiger partial charge is 0.481 e. The number of carboxylic acids is 1. The molecular weight excluding hydrogens is 262 g/mol. The van der Waals surface area contributed by atoms with Crippen molar-refractivity contribution in [2.24, 2.45) is 5.92 Å². The fraction of sp³-hybridized carbons (Fsp3) is 0.571. The van der Waals surface area contributed by atoms with Gasteiger partial charge in [-0.15, -0.1) is 0 Å². The minimum Gasteiger partial charge on any atom is -0.481 e. The van der Waals surface area contributed by atoms with Crippen molar-refractivity contribution in [3.8, 4) is 0 Å². The first-order valence-electron chi connectivity index (χ1n) is 6.66. The molecule has 1 amide bonds. The smallest absolute Gasteiger partial charge is 0.303 e. The number of carbonyl (C=O) groups excluding carboxylic acids is 1. The summed E-state index contributed by atoms with van der Waals surface area (Å²) in [5.74, 6) is -0.0765. The molecule has 104 valence electrons. The van der Waals surface area contributed by atoms with E-state index in [1.54, 1.807) is 11.3 Å². The molecule has 0 atom stereocenters. The number of nitrogens with zero attached hydrogens (tertiary/aromatic N) is 1. The van der Waals surface area contributed by atoms with Crippen molar-refractivity contribution in [1.82, 2.24) is 4.90 Å². The Morgan fingerprint density at radius 2 is 2.11 bits per heavy atom. The van der Waals surface area contributed by atoms with Crippen LogP contribution in [0.2, 0.25) is 0 Å². The lowest BCUT2D eigenvalue weighted by atomic mass is 9.92. The van der Waals surface area contributed by atoms with Gasteiger partial charge in [-0.05, 0) is 47.6 Å². The van der Waals surface area contributed by atoms with Crippen LogP contribution in [0, 0.1) is 5.92 Å². The molecule has 1 fully saturated rings. The Morgan fingerprint density at radius 3 is 2.68 bits per heavy atom. The Morgan fingerprint density at radius 1 is 1.37 bits per heavy atom. The Hall–Kier alpha value is -1.36. The van der Waals surface area contributed by atoms with Crippen molar-refractivity contribution in [2.75, 3.05) is 13.1 Å². The van der Waals surface area contributed by atoms with Gasteiger partial charge in [-0.3, -0.25) is 9.59 Å². The quantitative estimate of drug-likeness (QED) is 0.901. The topological polar surface area (TPSA) is 57.6 Å². The highest BCUT2D eigenvalue weighted by Crippen LogP contribution is 2.22. The van der Waals surface area contributed by atoms with E-state index in [0.29, 0.717) is 12.3 Å². The maximum atomic E-state index is 12.1. The summed E-state index contributed by atoms with van der Waals surface area (Å²) in [5, 5.41) is 12.7. The first kappa shape index (κ1) is 14.1. The summed E-state index contributed by atoms with van der Waals surface area (Å²) in [6.45, 7) is 1.54. The summed E-state index contributed by atoms with van der Waals surface area (Å²) in [5.41, 5.74) is 1.09. The van der Waals surface area contributed by atoms with E-state index in [2.05, 4.69) is 0 Å². The molecule has 1 aliphatic heterocycles. The van der Waals surface area contributed by atoms with E-state index in [1.165, 1.54) is 0 Å². The molecule has 19 heavy (non-hydrogen) atoms. The van der Waals surface area contributed by atoms with Crippen molar-refractivity contribution >= 4 is 23.2 Å². The molecule has 0 saturated carbocycles. The van der Waals surface area contributed by atoms with Crippen LogP contribution in [0.3, 0.4) is 0 Å². The zero-order valence-electron chi connectivity index (χ0n) is 10.9. The minimum atomic E-state index is -0.726. The van der Waals surface area contributed by atoms with Crippen LogP contribution in [-0.2, 0) is 16.0 Å². The monoisotopic (exact) mass is 281 g/mol. The van der Waals surface area contributed by atoms with Gasteiger partial charge < -0.3 is 10.0 Å². The molecule has 2 rings (SSSR count). The summed E-state index contributed by atoms with van der Waals surface area (Å²) in [6.07, 6.45) is 3.34. The highest BCUT2D eigenvalue weighted by atomic mass is 32.1. The summed E-state index contributed by atoms with van der Waals surface area (Å²) in [4.78, 5) is 24.5. The Balaban J connectivity index is 1.73. The number of rotatable bonds is 5. The van der Waals surface area contributed by atoms with Gasteiger partial charge in [0, 0.05) is 19.5 Å². The Bertz CT molecular complexity index is 422. The molecule has 1 saturated heterocycles. The molecule has 1 aromatic heterocycles. The number of aliphatic carboxylic acids is 1. The fourth-order valence-corrected chi connectivity index (χ4v) is 3.15. The van der Waals surface area contributed by atoms with Crippen LogP contribution in [0.4, 0.5) is 0 Å².